The second-order valence-corrected chi connectivity index (χ2v) is 9.28. The van der Waals surface area contributed by atoms with Crippen LogP contribution in [0.25, 0.3) is 16.8 Å². The molecule has 5 rings (SSSR count). The van der Waals surface area contributed by atoms with Gasteiger partial charge in [0.15, 0.2) is 11.6 Å². The Morgan fingerprint density at radius 2 is 2.09 bits per heavy atom. The van der Waals surface area contributed by atoms with Gasteiger partial charge in [0, 0.05) is 42.8 Å². The van der Waals surface area contributed by atoms with Crippen molar-refractivity contribution in [1.82, 2.24) is 24.3 Å². The lowest BCUT2D eigenvalue weighted by atomic mass is 9.75. The van der Waals surface area contributed by atoms with E-state index in [4.69, 9.17) is 4.74 Å². The molecule has 4 heterocycles. The van der Waals surface area contributed by atoms with Crippen LogP contribution in [0, 0.1) is 11.3 Å². The maximum atomic E-state index is 12.0. The topological polar surface area (TPSA) is 114 Å². The number of ether oxygens (including phenoxy) is 1. The van der Waals surface area contributed by atoms with Gasteiger partial charge in [0.05, 0.1) is 17.8 Å². The standard InChI is InChI=1S/C22H26N6O4/c1-22(2)12-27(21(30)31)17(22)11-32-16-10-23-26(3)19(16)14-6-7-28-15(8-14)9-18(25-28)24-20(29)13-4-5-13/h6-10,13,17H,4-5,11-12H2,1-3H3,(H,30,31)(H,24,25,29). The van der Waals surface area contributed by atoms with Crippen molar-refractivity contribution < 1.29 is 19.4 Å². The Morgan fingerprint density at radius 1 is 1.31 bits per heavy atom. The van der Waals surface area contributed by atoms with E-state index in [9.17, 15) is 14.7 Å². The van der Waals surface area contributed by atoms with Crippen LogP contribution in [0.1, 0.15) is 26.7 Å². The molecule has 32 heavy (non-hydrogen) atoms. The van der Waals surface area contributed by atoms with E-state index in [0.717, 1.165) is 29.6 Å². The van der Waals surface area contributed by atoms with Crippen molar-refractivity contribution in [2.75, 3.05) is 18.5 Å². The van der Waals surface area contributed by atoms with Gasteiger partial charge in [-0.25, -0.2) is 9.31 Å². The summed E-state index contributed by atoms with van der Waals surface area (Å²) in [6.07, 6.45) is 4.42. The van der Waals surface area contributed by atoms with Crippen LogP contribution in [0.15, 0.2) is 30.6 Å². The van der Waals surface area contributed by atoms with Crippen LogP contribution in [0.3, 0.4) is 0 Å². The fourth-order valence-corrected chi connectivity index (χ4v) is 4.28. The highest BCUT2D eigenvalue weighted by atomic mass is 16.5. The van der Waals surface area contributed by atoms with Gasteiger partial charge in [-0.05, 0) is 25.0 Å². The van der Waals surface area contributed by atoms with Gasteiger partial charge in [-0.15, -0.1) is 0 Å². The molecule has 2 aliphatic rings. The average Bonchev–Trinajstić information content (AvgIpc) is 3.41. The van der Waals surface area contributed by atoms with Crippen LogP contribution in [-0.2, 0) is 11.8 Å². The summed E-state index contributed by atoms with van der Waals surface area (Å²) in [4.78, 5) is 24.9. The molecule has 1 atom stereocenters. The molecule has 0 aromatic carbocycles. The highest BCUT2D eigenvalue weighted by Crippen LogP contribution is 2.38. The van der Waals surface area contributed by atoms with Crippen molar-refractivity contribution in [1.29, 1.82) is 0 Å². The Morgan fingerprint density at radius 3 is 2.78 bits per heavy atom. The maximum absolute atomic E-state index is 12.0. The van der Waals surface area contributed by atoms with Crippen molar-refractivity contribution in [2.45, 2.75) is 32.7 Å². The zero-order chi connectivity index (χ0) is 22.6. The Labute approximate surface area is 184 Å². The number of anilines is 1. The number of pyridine rings is 1. The summed E-state index contributed by atoms with van der Waals surface area (Å²) in [5.41, 5.74) is 2.36. The molecular formula is C22H26N6O4. The number of hydrogen-bond acceptors (Lipinski definition) is 5. The molecule has 1 unspecified atom stereocenters. The minimum Gasteiger partial charge on any atom is -0.487 e. The number of carbonyl (C=O) groups excluding carboxylic acids is 1. The first-order chi connectivity index (χ1) is 15.2. The average molecular weight is 438 g/mol. The van der Waals surface area contributed by atoms with Gasteiger partial charge in [-0.3, -0.25) is 9.48 Å². The highest BCUT2D eigenvalue weighted by Gasteiger charge is 2.48. The molecule has 2 amide bonds. The largest absolute Gasteiger partial charge is 0.487 e. The molecule has 2 N–H and O–H groups in total. The molecule has 1 saturated heterocycles. The lowest BCUT2D eigenvalue weighted by Gasteiger charge is -2.52. The molecule has 0 bridgehead atoms. The number of nitrogens with zero attached hydrogens (tertiary/aromatic N) is 5. The number of amides is 2. The third-order valence-corrected chi connectivity index (χ3v) is 6.34. The van der Waals surface area contributed by atoms with E-state index in [0.29, 0.717) is 18.1 Å². The van der Waals surface area contributed by atoms with E-state index in [1.165, 1.54) is 4.90 Å². The number of aromatic nitrogens is 4. The smallest absolute Gasteiger partial charge is 0.407 e. The summed E-state index contributed by atoms with van der Waals surface area (Å²) >= 11 is 0. The minimum absolute atomic E-state index is 0.0188. The van der Waals surface area contributed by atoms with Crippen LogP contribution in [0.4, 0.5) is 10.6 Å². The summed E-state index contributed by atoms with van der Waals surface area (Å²) < 4.78 is 9.51. The second kappa shape index (κ2) is 7.25. The predicted molar refractivity (Wildman–Crippen MR) is 117 cm³/mol. The first-order valence-electron chi connectivity index (χ1n) is 10.7. The van der Waals surface area contributed by atoms with E-state index in [2.05, 4.69) is 15.5 Å². The SMILES string of the molecule is Cn1ncc(OCC2N(C(=O)O)CC2(C)C)c1-c1ccn2nc(NC(=O)C3CC3)cc2c1. The van der Waals surface area contributed by atoms with Gasteiger partial charge < -0.3 is 20.1 Å². The summed E-state index contributed by atoms with van der Waals surface area (Å²) in [6, 6.07) is 5.48. The summed E-state index contributed by atoms with van der Waals surface area (Å²) in [5.74, 6) is 1.25. The monoisotopic (exact) mass is 438 g/mol. The number of nitrogens with one attached hydrogen (secondary N) is 1. The van der Waals surface area contributed by atoms with Gasteiger partial charge in [0.25, 0.3) is 0 Å². The number of likely N-dealkylation sites (tertiary alicyclic amines) is 1. The van der Waals surface area contributed by atoms with Gasteiger partial charge in [-0.1, -0.05) is 13.8 Å². The number of carboxylic acid groups (broad SMARTS) is 1. The van der Waals surface area contributed by atoms with Crippen molar-refractivity contribution in [3.63, 3.8) is 0 Å². The first-order valence-corrected chi connectivity index (χ1v) is 10.7. The molecule has 2 fully saturated rings. The zero-order valence-electron chi connectivity index (χ0n) is 18.3. The van der Waals surface area contributed by atoms with Crippen LogP contribution < -0.4 is 10.1 Å². The summed E-state index contributed by atoms with van der Waals surface area (Å²) in [7, 11) is 1.83. The lowest BCUT2D eigenvalue weighted by molar-refractivity contribution is -0.117. The molecular weight excluding hydrogens is 412 g/mol. The number of aryl methyl sites for hydroxylation is 1. The summed E-state index contributed by atoms with van der Waals surface area (Å²) in [6.45, 7) is 4.83. The van der Waals surface area contributed by atoms with Gasteiger partial charge >= 0.3 is 6.09 Å². The van der Waals surface area contributed by atoms with Crippen molar-refractivity contribution >= 4 is 23.3 Å². The van der Waals surface area contributed by atoms with E-state index < -0.39 is 6.09 Å². The quantitative estimate of drug-likeness (QED) is 0.612. The van der Waals surface area contributed by atoms with E-state index in [1.54, 1.807) is 15.4 Å². The molecule has 10 nitrogen and oxygen atoms in total. The van der Waals surface area contributed by atoms with Crippen molar-refractivity contribution in [3.8, 4) is 17.0 Å². The van der Waals surface area contributed by atoms with E-state index >= 15 is 0 Å². The molecule has 168 valence electrons. The molecule has 0 radical (unpaired) electrons. The molecule has 1 saturated carbocycles. The van der Waals surface area contributed by atoms with Crippen molar-refractivity contribution in [2.24, 2.45) is 18.4 Å². The zero-order valence-corrected chi connectivity index (χ0v) is 18.3. The highest BCUT2D eigenvalue weighted by molar-refractivity contribution is 5.93. The van der Waals surface area contributed by atoms with E-state index in [1.807, 2.05) is 45.3 Å². The molecule has 1 aliphatic carbocycles. The lowest BCUT2D eigenvalue weighted by Crippen LogP contribution is -2.65. The van der Waals surface area contributed by atoms with Crippen LogP contribution in [-0.4, -0.2) is 60.6 Å². The minimum atomic E-state index is -0.930. The number of hydrogen-bond donors (Lipinski definition) is 2. The third-order valence-electron chi connectivity index (χ3n) is 6.34. The third kappa shape index (κ3) is 3.55. The Kier molecular flexibility index (Phi) is 4.61. The van der Waals surface area contributed by atoms with Gasteiger partial charge in [0.2, 0.25) is 5.91 Å². The fraction of sp³-hybridized carbons (Fsp3) is 0.455. The van der Waals surface area contributed by atoms with Crippen molar-refractivity contribution in [3.05, 3.63) is 30.6 Å². The van der Waals surface area contributed by atoms with E-state index in [-0.39, 0.29) is 29.9 Å². The van der Waals surface area contributed by atoms with Crippen LogP contribution in [0.5, 0.6) is 5.75 Å². The Hall–Kier alpha value is -3.56. The fourth-order valence-electron chi connectivity index (χ4n) is 4.28. The first kappa shape index (κ1) is 20.3. The normalized spacial score (nSPS) is 19.6. The molecule has 3 aromatic heterocycles. The molecule has 0 spiro atoms. The Bertz CT molecular complexity index is 1210. The molecule has 10 heteroatoms. The number of rotatable bonds is 6. The number of carbonyl (C=O) groups is 2. The second-order valence-electron chi connectivity index (χ2n) is 9.28. The molecule has 3 aromatic rings. The maximum Gasteiger partial charge on any atom is 0.407 e. The number of fused-ring (bicyclic) bond motifs is 1. The Balaban J connectivity index is 1.37. The van der Waals surface area contributed by atoms with Crippen LogP contribution in [0.2, 0.25) is 0 Å². The predicted octanol–water partition coefficient (Wildman–Crippen LogP) is 2.85. The molecule has 1 aliphatic heterocycles. The van der Waals surface area contributed by atoms with Gasteiger partial charge in [0.1, 0.15) is 12.3 Å². The summed E-state index contributed by atoms with van der Waals surface area (Å²) in [5, 5.41) is 21.0. The van der Waals surface area contributed by atoms with Gasteiger partial charge in [-0.2, -0.15) is 10.2 Å². The van der Waals surface area contributed by atoms with Crippen LogP contribution >= 0.6 is 0 Å².